The Bertz CT molecular complexity index is 518. The minimum absolute atomic E-state index is 0.867. The summed E-state index contributed by atoms with van der Waals surface area (Å²) in [4.78, 5) is 4.39. The zero-order valence-electron chi connectivity index (χ0n) is 9.91. The first-order valence-electron chi connectivity index (χ1n) is 5.39. The molecule has 1 heterocycles. The Morgan fingerprint density at radius 1 is 1.06 bits per heavy atom. The second-order valence-electron chi connectivity index (χ2n) is 4.14. The zero-order valence-corrected chi connectivity index (χ0v) is 9.91. The Kier molecular flexibility index (Phi) is 2.82. The van der Waals surface area contributed by atoms with E-state index in [1.165, 1.54) is 5.56 Å². The van der Waals surface area contributed by atoms with E-state index in [1.807, 2.05) is 31.3 Å². The van der Waals surface area contributed by atoms with Crippen LogP contribution in [0.3, 0.4) is 0 Å². The summed E-state index contributed by atoms with van der Waals surface area (Å²) in [7, 11) is 6.06. The van der Waals surface area contributed by atoms with E-state index in [0.29, 0.717) is 0 Å². The van der Waals surface area contributed by atoms with Crippen molar-refractivity contribution in [2.75, 3.05) is 0 Å². The average Bonchev–Trinajstić information content (AvgIpc) is 2.28. The van der Waals surface area contributed by atoms with Crippen LogP contribution in [0.25, 0.3) is 11.3 Å². The van der Waals surface area contributed by atoms with E-state index in [-0.39, 0.29) is 0 Å². The smallest absolute Gasteiger partial charge is 0.114 e. The first-order chi connectivity index (χ1) is 7.61. The topological polar surface area (TPSA) is 12.9 Å². The molecule has 1 nitrogen and oxygen atoms in total. The van der Waals surface area contributed by atoms with Crippen molar-refractivity contribution < 1.29 is 0 Å². The number of nitrogens with zero attached hydrogens (tertiary/aromatic N) is 1. The molecule has 1 aromatic heterocycles. The summed E-state index contributed by atoms with van der Waals surface area (Å²) in [5.41, 5.74) is 6.49. The molecule has 0 bridgehead atoms. The van der Waals surface area contributed by atoms with Crippen LogP contribution < -0.4 is 5.46 Å². The summed E-state index contributed by atoms with van der Waals surface area (Å²) in [5, 5.41) is 0. The van der Waals surface area contributed by atoms with Crippen molar-refractivity contribution in [1.82, 2.24) is 4.98 Å². The van der Waals surface area contributed by atoms with Crippen molar-refractivity contribution in [3.05, 3.63) is 47.2 Å². The lowest BCUT2D eigenvalue weighted by atomic mass is 9.82. The highest BCUT2D eigenvalue weighted by atomic mass is 14.7. The molecular formula is C14H14BN. The van der Waals surface area contributed by atoms with Crippen LogP contribution in [0.1, 0.15) is 16.7 Å². The van der Waals surface area contributed by atoms with Crippen molar-refractivity contribution in [2.24, 2.45) is 0 Å². The fourth-order valence-corrected chi connectivity index (χ4v) is 2.11. The molecule has 0 atom stereocenters. The summed E-state index contributed by atoms with van der Waals surface area (Å²) in [6, 6.07) is 8.05. The highest BCUT2D eigenvalue weighted by Crippen LogP contribution is 2.24. The van der Waals surface area contributed by atoms with Crippen molar-refractivity contribution in [3.63, 3.8) is 0 Å². The lowest BCUT2D eigenvalue weighted by Crippen LogP contribution is -2.14. The SMILES string of the molecule is [B]c1c(C)cc(C)c(-c2ccccn2)c1C. The Hall–Kier alpha value is -1.57. The summed E-state index contributed by atoms with van der Waals surface area (Å²) in [6.07, 6.45) is 1.81. The van der Waals surface area contributed by atoms with Crippen LogP contribution in [0.15, 0.2) is 30.5 Å². The quantitative estimate of drug-likeness (QED) is 0.654. The molecule has 0 fully saturated rings. The van der Waals surface area contributed by atoms with Gasteiger partial charge in [0.15, 0.2) is 0 Å². The molecule has 2 radical (unpaired) electrons. The van der Waals surface area contributed by atoms with Crippen LogP contribution in [0, 0.1) is 20.8 Å². The number of aromatic nitrogens is 1. The van der Waals surface area contributed by atoms with E-state index in [0.717, 1.165) is 27.8 Å². The molecule has 0 N–H and O–H groups in total. The molecule has 2 rings (SSSR count). The standard InChI is InChI=1S/C14H14BN/c1-9-8-10(2)14(15)11(3)13(9)12-6-4-5-7-16-12/h4-8H,1-3H3. The predicted molar refractivity (Wildman–Crippen MR) is 69.3 cm³/mol. The highest BCUT2D eigenvalue weighted by molar-refractivity contribution is 6.34. The molecular weight excluding hydrogens is 193 g/mol. The molecule has 0 spiro atoms. The molecule has 1 aromatic carbocycles. The van der Waals surface area contributed by atoms with Crippen LogP contribution in [-0.4, -0.2) is 12.8 Å². The first-order valence-corrected chi connectivity index (χ1v) is 5.39. The minimum Gasteiger partial charge on any atom is -0.256 e. The normalized spacial score (nSPS) is 10.4. The van der Waals surface area contributed by atoms with Gasteiger partial charge in [-0.15, -0.1) is 0 Å². The summed E-state index contributed by atoms with van der Waals surface area (Å²) in [5.74, 6) is 0. The lowest BCUT2D eigenvalue weighted by molar-refractivity contribution is 1.27. The second-order valence-corrected chi connectivity index (χ2v) is 4.14. The van der Waals surface area contributed by atoms with E-state index in [4.69, 9.17) is 7.85 Å². The third-order valence-corrected chi connectivity index (χ3v) is 2.95. The summed E-state index contributed by atoms with van der Waals surface area (Å²) >= 11 is 0. The average molecular weight is 207 g/mol. The summed E-state index contributed by atoms with van der Waals surface area (Å²) < 4.78 is 0. The number of pyridine rings is 1. The van der Waals surface area contributed by atoms with Gasteiger partial charge < -0.3 is 0 Å². The molecule has 2 aromatic rings. The molecule has 0 amide bonds. The van der Waals surface area contributed by atoms with Gasteiger partial charge in [0, 0.05) is 11.8 Å². The fraction of sp³-hybridized carbons (Fsp3) is 0.214. The molecule has 0 saturated carbocycles. The third-order valence-electron chi connectivity index (χ3n) is 2.95. The second kappa shape index (κ2) is 4.13. The van der Waals surface area contributed by atoms with Crippen molar-refractivity contribution in [1.29, 1.82) is 0 Å². The van der Waals surface area contributed by atoms with Crippen LogP contribution in [0.4, 0.5) is 0 Å². The Morgan fingerprint density at radius 3 is 2.44 bits per heavy atom. The van der Waals surface area contributed by atoms with E-state index in [1.54, 1.807) is 0 Å². The van der Waals surface area contributed by atoms with Gasteiger partial charge in [0.1, 0.15) is 7.85 Å². The van der Waals surface area contributed by atoms with E-state index < -0.39 is 0 Å². The molecule has 0 saturated heterocycles. The van der Waals surface area contributed by atoms with E-state index >= 15 is 0 Å². The van der Waals surface area contributed by atoms with Crippen LogP contribution in [-0.2, 0) is 0 Å². The first kappa shape index (κ1) is 10.9. The van der Waals surface area contributed by atoms with Crippen LogP contribution in [0.5, 0.6) is 0 Å². The molecule has 16 heavy (non-hydrogen) atoms. The van der Waals surface area contributed by atoms with Gasteiger partial charge in [0.25, 0.3) is 0 Å². The largest absolute Gasteiger partial charge is 0.256 e. The molecule has 2 heteroatoms. The molecule has 78 valence electrons. The maximum atomic E-state index is 6.06. The van der Waals surface area contributed by atoms with Gasteiger partial charge in [0.2, 0.25) is 0 Å². The van der Waals surface area contributed by atoms with Gasteiger partial charge in [-0.1, -0.05) is 23.2 Å². The van der Waals surface area contributed by atoms with Gasteiger partial charge in [-0.2, -0.15) is 0 Å². The van der Waals surface area contributed by atoms with Gasteiger partial charge in [-0.05, 0) is 44.0 Å². The van der Waals surface area contributed by atoms with Crippen molar-refractivity contribution >= 4 is 13.3 Å². The maximum absolute atomic E-state index is 6.06. The number of benzene rings is 1. The number of hydrogen-bond donors (Lipinski definition) is 0. The monoisotopic (exact) mass is 207 g/mol. The van der Waals surface area contributed by atoms with Gasteiger partial charge >= 0.3 is 0 Å². The molecule has 0 aliphatic heterocycles. The molecule has 0 unspecified atom stereocenters. The number of rotatable bonds is 1. The fourth-order valence-electron chi connectivity index (χ4n) is 2.11. The number of hydrogen-bond acceptors (Lipinski definition) is 1. The minimum atomic E-state index is 0.867. The molecule has 0 aliphatic rings. The maximum Gasteiger partial charge on any atom is 0.114 e. The Labute approximate surface area is 98.0 Å². The predicted octanol–water partition coefficient (Wildman–Crippen LogP) is 2.47. The Morgan fingerprint density at radius 2 is 1.81 bits per heavy atom. The number of aryl methyl sites for hydroxylation is 2. The highest BCUT2D eigenvalue weighted by Gasteiger charge is 2.09. The van der Waals surface area contributed by atoms with E-state index in [2.05, 4.69) is 24.9 Å². The molecule has 0 aliphatic carbocycles. The van der Waals surface area contributed by atoms with Gasteiger partial charge in [0.05, 0.1) is 5.69 Å². The van der Waals surface area contributed by atoms with Crippen molar-refractivity contribution in [2.45, 2.75) is 20.8 Å². The van der Waals surface area contributed by atoms with Crippen molar-refractivity contribution in [3.8, 4) is 11.3 Å². The van der Waals surface area contributed by atoms with Gasteiger partial charge in [-0.25, -0.2) is 0 Å². The van der Waals surface area contributed by atoms with Gasteiger partial charge in [-0.3, -0.25) is 4.98 Å². The van der Waals surface area contributed by atoms with Crippen LogP contribution in [0.2, 0.25) is 0 Å². The Balaban J connectivity index is 2.71. The third kappa shape index (κ3) is 1.76. The van der Waals surface area contributed by atoms with E-state index in [9.17, 15) is 0 Å². The van der Waals surface area contributed by atoms with Crippen LogP contribution >= 0.6 is 0 Å². The summed E-state index contributed by atoms with van der Waals surface area (Å²) in [6.45, 7) is 6.19. The zero-order chi connectivity index (χ0) is 11.7. The lowest BCUT2D eigenvalue weighted by Gasteiger charge is -2.14.